The molecule has 0 spiro atoms. The van der Waals surface area contributed by atoms with Crippen LogP contribution in [-0.2, 0) is 4.74 Å². The molecule has 3 rings (SSSR count). The van der Waals surface area contributed by atoms with Crippen LogP contribution >= 0.6 is 11.8 Å². The Morgan fingerprint density at radius 1 is 1.40 bits per heavy atom. The standard InChI is InChI=1S/C12H16N2O5S/c1-20-12-11-7(13-4-14-12)5(3-18-11)10-9(17)8(16)6(2-15)19-10/h3-4,6,8-10,12,15-17H,2H2,1H3,(H,13,14)/t6-,8-,9-,10+,12?/m1/s1. The minimum Gasteiger partial charge on any atom is -0.463 e. The van der Waals surface area contributed by atoms with Crippen molar-refractivity contribution in [2.45, 2.75) is 29.8 Å². The average Bonchev–Trinajstić information content (AvgIpc) is 3.01. The van der Waals surface area contributed by atoms with Gasteiger partial charge in [-0.1, -0.05) is 0 Å². The van der Waals surface area contributed by atoms with Crippen molar-refractivity contribution in [1.82, 2.24) is 5.32 Å². The number of ether oxygens (including phenoxy) is 1. The first kappa shape index (κ1) is 13.9. The zero-order valence-corrected chi connectivity index (χ0v) is 11.6. The molecule has 3 heterocycles. The second-order valence-corrected chi connectivity index (χ2v) is 5.65. The number of fused-ring (bicyclic) bond motifs is 1. The number of nitrogens with zero attached hydrogens (tertiary/aromatic N) is 1. The van der Waals surface area contributed by atoms with Gasteiger partial charge in [-0.3, -0.25) is 0 Å². The van der Waals surface area contributed by atoms with Gasteiger partial charge in [-0.05, 0) is 6.26 Å². The summed E-state index contributed by atoms with van der Waals surface area (Å²) in [6.45, 7) is -0.354. The third kappa shape index (κ3) is 2.04. The van der Waals surface area contributed by atoms with Crippen molar-refractivity contribution in [3.8, 4) is 0 Å². The summed E-state index contributed by atoms with van der Waals surface area (Å²) in [6, 6.07) is 0. The van der Waals surface area contributed by atoms with E-state index in [4.69, 9.17) is 14.3 Å². The van der Waals surface area contributed by atoms with Crippen LogP contribution in [0.2, 0.25) is 0 Å². The topological polar surface area (TPSA) is 107 Å². The Hall–Kier alpha value is -1.06. The van der Waals surface area contributed by atoms with Gasteiger partial charge in [0.2, 0.25) is 0 Å². The predicted octanol–water partition coefficient (Wildman–Crippen LogP) is 0.0582. The van der Waals surface area contributed by atoms with E-state index in [-0.39, 0.29) is 12.0 Å². The first-order valence-electron chi connectivity index (χ1n) is 6.22. The van der Waals surface area contributed by atoms with Crippen LogP contribution < -0.4 is 5.32 Å². The third-order valence-corrected chi connectivity index (χ3v) is 4.38. The van der Waals surface area contributed by atoms with Crippen molar-refractivity contribution in [3.63, 3.8) is 0 Å². The lowest BCUT2D eigenvalue weighted by atomic mass is 10.0. The summed E-state index contributed by atoms with van der Waals surface area (Å²) in [5.41, 5.74) is 1.19. The summed E-state index contributed by atoms with van der Waals surface area (Å²) < 4.78 is 11.0. The van der Waals surface area contributed by atoms with Gasteiger partial charge in [-0.2, -0.15) is 0 Å². The van der Waals surface area contributed by atoms with Gasteiger partial charge in [0, 0.05) is 5.56 Å². The maximum atomic E-state index is 10.1. The van der Waals surface area contributed by atoms with Gasteiger partial charge >= 0.3 is 0 Å². The highest BCUT2D eigenvalue weighted by Gasteiger charge is 2.45. The minimum absolute atomic E-state index is 0.0478. The highest BCUT2D eigenvalue weighted by molar-refractivity contribution is 7.98. The number of hydrogen-bond donors (Lipinski definition) is 4. The lowest BCUT2D eigenvalue weighted by molar-refractivity contribution is -0.0227. The molecule has 8 heteroatoms. The molecule has 20 heavy (non-hydrogen) atoms. The molecular formula is C12H16N2O5S. The van der Waals surface area contributed by atoms with Crippen LogP contribution in [0, 0.1) is 0 Å². The van der Waals surface area contributed by atoms with Gasteiger partial charge in [0.25, 0.3) is 0 Å². The van der Waals surface area contributed by atoms with Crippen LogP contribution in [0.3, 0.4) is 0 Å². The summed E-state index contributed by atoms with van der Waals surface area (Å²) in [6.07, 6.45) is 1.19. The molecule has 0 saturated carbocycles. The van der Waals surface area contributed by atoms with Crippen molar-refractivity contribution < 1.29 is 24.5 Å². The smallest absolute Gasteiger partial charge is 0.162 e. The Bertz CT molecular complexity index is 520. The molecule has 1 fully saturated rings. The van der Waals surface area contributed by atoms with E-state index in [0.717, 1.165) is 0 Å². The second-order valence-electron chi connectivity index (χ2n) is 4.70. The fraction of sp³-hybridized carbons (Fsp3) is 0.583. The first-order chi connectivity index (χ1) is 9.67. The molecule has 0 amide bonds. The Balaban J connectivity index is 1.93. The van der Waals surface area contributed by atoms with E-state index in [9.17, 15) is 10.2 Å². The molecule has 1 aromatic rings. The molecule has 2 aliphatic heterocycles. The van der Waals surface area contributed by atoms with Gasteiger partial charge < -0.3 is 29.8 Å². The van der Waals surface area contributed by atoms with Crippen LogP contribution in [0.4, 0.5) is 5.69 Å². The van der Waals surface area contributed by atoms with Crippen LogP contribution in [0.15, 0.2) is 15.7 Å². The quantitative estimate of drug-likeness (QED) is 0.625. The van der Waals surface area contributed by atoms with Crippen molar-refractivity contribution in [2.75, 3.05) is 12.9 Å². The summed E-state index contributed by atoms with van der Waals surface area (Å²) >= 11 is 1.56. The van der Waals surface area contributed by atoms with Crippen LogP contribution in [0.25, 0.3) is 0 Å². The van der Waals surface area contributed by atoms with Crippen molar-refractivity contribution in [2.24, 2.45) is 4.99 Å². The van der Waals surface area contributed by atoms with E-state index in [0.29, 0.717) is 17.0 Å². The number of aliphatic imine (C=N–C) groups is 1. The van der Waals surface area contributed by atoms with E-state index in [1.165, 1.54) is 6.26 Å². The number of nitrogens with one attached hydrogen (secondary N) is 1. The molecular weight excluding hydrogens is 284 g/mol. The molecule has 2 aliphatic rings. The number of thioether (sulfide) groups is 1. The number of aliphatic hydroxyl groups is 3. The third-order valence-electron chi connectivity index (χ3n) is 3.56. The summed E-state index contributed by atoms with van der Waals surface area (Å²) in [5.74, 6) is 0.660. The Labute approximate surface area is 119 Å². The summed E-state index contributed by atoms with van der Waals surface area (Å²) in [4.78, 5) is 4.23. The predicted molar refractivity (Wildman–Crippen MR) is 73.0 cm³/mol. The van der Waals surface area contributed by atoms with E-state index < -0.39 is 24.4 Å². The molecule has 5 atom stereocenters. The van der Waals surface area contributed by atoms with E-state index in [1.807, 2.05) is 6.26 Å². The number of hydrogen-bond acceptors (Lipinski definition) is 8. The fourth-order valence-electron chi connectivity index (χ4n) is 2.48. The molecule has 0 bridgehead atoms. The SMILES string of the molecule is CSC1NC=Nc2c([C@@H]3O[C@H](CO)[C@@H](O)[C@H]3O)coc21. The molecule has 0 aromatic carbocycles. The van der Waals surface area contributed by atoms with Crippen LogP contribution in [0.5, 0.6) is 0 Å². The highest BCUT2D eigenvalue weighted by atomic mass is 32.2. The van der Waals surface area contributed by atoms with E-state index in [1.54, 1.807) is 18.1 Å². The zero-order valence-electron chi connectivity index (χ0n) is 10.8. The largest absolute Gasteiger partial charge is 0.463 e. The fourth-order valence-corrected chi connectivity index (χ4v) is 3.06. The van der Waals surface area contributed by atoms with Crippen LogP contribution in [-0.4, -0.2) is 52.8 Å². The summed E-state index contributed by atoms with van der Waals surface area (Å²) in [7, 11) is 0. The van der Waals surface area contributed by atoms with Gasteiger partial charge in [-0.25, -0.2) is 4.99 Å². The summed E-state index contributed by atoms with van der Waals surface area (Å²) in [5, 5.41) is 32.0. The van der Waals surface area contributed by atoms with Gasteiger partial charge in [0.15, 0.2) is 5.76 Å². The van der Waals surface area contributed by atoms with Crippen molar-refractivity contribution in [1.29, 1.82) is 0 Å². The number of aliphatic hydroxyl groups excluding tert-OH is 3. The monoisotopic (exact) mass is 300 g/mol. The van der Waals surface area contributed by atoms with Crippen molar-refractivity contribution in [3.05, 3.63) is 17.6 Å². The Morgan fingerprint density at radius 2 is 2.20 bits per heavy atom. The zero-order chi connectivity index (χ0) is 14.3. The van der Waals surface area contributed by atoms with E-state index >= 15 is 0 Å². The molecule has 7 nitrogen and oxygen atoms in total. The maximum absolute atomic E-state index is 10.1. The molecule has 0 aliphatic carbocycles. The maximum Gasteiger partial charge on any atom is 0.162 e. The minimum atomic E-state index is -1.13. The lowest BCUT2D eigenvalue weighted by Gasteiger charge is -2.18. The molecule has 0 radical (unpaired) electrons. The lowest BCUT2D eigenvalue weighted by Crippen LogP contribution is -2.32. The molecule has 4 N–H and O–H groups in total. The van der Waals surface area contributed by atoms with Crippen molar-refractivity contribution >= 4 is 23.8 Å². The number of furan rings is 1. The Morgan fingerprint density at radius 3 is 2.85 bits per heavy atom. The van der Waals surface area contributed by atoms with E-state index in [2.05, 4.69) is 10.3 Å². The second kappa shape index (κ2) is 5.38. The molecule has 1 unspecified atom stereocenters. The van der Waals surface area contributed by atoms with Gasteiger partial charge in [-0.15, -0.1) is 11.8 Å². The van der Waals surface area contributed by atoms with Gasteiger partial charge in [0.1, 0.15) is 35.5 Å². The average molecular weight is 300 g/mol. The van der Waals surface area contributed by atoms with Gasteiger partial charge in [0.05, 0.1) is 19.2 Å². The first-order valence-corrected chi connectivity index (χ1v) is 7.51. The highest BCUT2D eigenvalue weighted by Crippen LogP contribution is 2.44. The van der Waals surface area contributed by atoms with Crippen LogP contribution in [0.1, 0.15) is 22.8 Å². The molecule has 1 aromatic heterocycles. The Kier molecular flexibility index (Phi) is 3.74. The molecule has 110 valence electrons. The number of rotatable bonds is 3. The normalized spacial score (nSPS) is 35.9. The molecule has 1 saturated heterocycles.